The normalized spacial score (nSPS) is 19.1. The third-order valence-electron chi connectivity index (χ3n) is 4.61. The molecule has 132 valence electrons. The minimum Gasteiger partial charge on any atom is -0.375 e. The van der Waals surface area contributed by atoms with E-state index in [1.54, 1.807) is 11.3 Å². The van der Waals surface area contributed by atoms with Crippen molar-refractivity contribution in [2.45, 2.75) is 38.8 Å². The van der Waals surface area contributed by atoms with Gasteiger partial charge in [-0.25, -0.2) is 0 Å². The predicted molar refractivity (Wildman–Crippen MR) is 98.1 cm³/mol. The topological polar surface area (TPSA) is 55.5 Å². The minimum absolute atomic E-state index is 0.206. The van der Waals surface area contributed by atoms with Gasteiger partial charge in [-0.3, -0.25) is 4.90 Å². The molecule has 0 saturated carbocycles. The van der Waals surface area contributed by atoms with Crippen LogP contribution in [0.2, 0.25) is 0 Å². The maximum absolute atomic E-state index is 5.94. The van der Waals surface area contributed by atoms with Gasteiger partial charge in [-0.05, 0) is 19.4 Å². The van der Waals surface area contributed by atoms with E-state index in [4.69, 9.17) is 9.84 Å². The molecule has 1 aromatic carbocycles. The molecule has 0 radical (unpaired) electrons. The summed E-state index contributed by atoms with van der Waals surface area (Å²) in [6.07, 6.45) is 1.78. The van der Waals surface area contributed by atoms with Crippen LogP contribution in [0.3, 0.4) is 0 Å². The van der Waals surface area contributed by atoms with E-state index in [1.807, 2.05) is 22.7 Å². The molecular formula is C18H23N5OS. The largest absolute Gasteiger partial charge is 0.375 e. The maximum atomic E-state index is 5.94. The average Bonchev–Trinajstić information content (AvgIpc) is 3.17. The second kappa shape index (κ2) is 7.19. The van der Waals surface area contributed by atoms with Crippen molar-refractivity contribution in [1.29, 1.82) is 0 Å². The van der Waals surface area contributed by atoms with E-state index >= 15 is 0 Å². The molecule has 2 aromatic heterocycles. The first-order valence-corrected chi connectivity index (χ1v) is 9.60. The Morgan fingerprint density at radius 2 is 2.08 bits per heavy atom. The van der Waals surface area contributed by atoms with E-state index in [9.17, 15) is 0 Å². The van der Waals surface area contributed by atoms with Crippen molar-refractivity contribution in [3.05, 3.63) is 46.7 Å². The Labute approximate surface area is 151 Å². The standard InChI is InChI=1S/C18H23N5OS/c1-13(2)22-8-9-24-15(12-22)11-17-21-23-16(19-20-18(23)25-17)10-14-6-4-3-5-7-14/h3-7,13,15H,8-12H2,1-2H3/t15-/m0/s1. The van der Waals surface area contributed by atoms with E-state index in [0.717, 1.165) is 48.3 Å². The summed E-state index contributed by atoms with van der Waals surface area (Å²) in [6, 6.07) is 10.9. The number of benzene rings is 1. The number of morpholine rings is 1. The van der Waals surface area contributed by atoms with Gasteiger partial charge < -0.3 is 4.74 Å². The molecule has 3 aromatic rings. The fraction of sp³-hybridized carbons (Fsp3) is 0.500. The van der Waals surface area contributed by atoms with Crippen LogP contribution >= 0.6 is 11.3 Å². The van der Waals surface area contributed by atoms with Crippen molar-refractivity contribution in [1.82, 2.24) is 24.7 Å². The molecule has 1 fully saturated rings. The third kappa shape index (κ3) is 3.73. The first kappa shape index (κ1) is 16.6. The zero-order chi connectivity index (χ0) is 17.2. The van der Waals surface area contributed by atoms with E-state index in [0.29, 0.717) is 6.04 Å². The number of hydrogen-bond acceptors (Lipinski definition) is 6. The van der Waals surface area contributed by atoms with Crippen LogP contribution in [0.5, 0.6) is 0 Å². The Morgan fingerprint density at radius 3 is 2.88 bits per heavy atom. The molecule has 0 bridgehead atoms. The molecule has 1 aliphatic rings. The Kier molecular flexibility index (Phi) is 4.78. The SMILES string of the molecule is CC(C)N1CCO[C@@H](Cc2nn3c(Cc4ccccc4)nnc3s2)C1. The van der Waals surface area contributed by atoms with Gasteiger partial charge in [0.25, 0.3) is 0 Å². The Bertz CT molecular complexity index is 828. The summed E-state index contributed by atoms with van der Waals surface area (Å²) in [5, 5.41) is 14.4. The molecular weight excluding hydrogens is 334 g/mol. The molecule has 1 saturated heterocycles. The van der Waals surface area contributed by atoms with Crippen LogP contribution in [0.1, 0.15) is 30.2 Å². The van der Waals surface area contributed by atoms with Crippen molar-refractivity contribution in [3.63, 3.8) is 0 Å². The Balaban J connectivity index is 1.48. The molecule has 3 heterocycles. The first-order chi connectivity index (χ1) is 12.2. The van der Waals surface area contributed by atoms with Crippen LogP contribution in [0, 0.1) is 0 Å². The predicted octanol–water partition coefficient (Wildman–Crippen LogP) is 2.43. The molecule has 25 heavy (non-hydrogen) atoms. The second-order valence-electron chi connectivity index (χ2n) is 6.75. The smallest absolute Gasteiger partial charge is 0.234 e. The zero-order valence-corrected chi connectivity index (χ0v) is 15.4. The van der Waals surface area contributed by atoms with Crippen LogP contribution in [0.25, 0.3) is 4.96 Å². The summed E-state index contributed by atoms with van der Waals surface area (Å²) in [4.78, 5) is 3.33. The highest BCUT2D eigenvalue weighted by Crippen LogP contribution is 2.20. The highest BCUT2D eigenvalue weighted by atomic mass is 32.1. The number of ether oxygens (including phenoxy) is 1. The van der Waals surface area contributed by atoms with Gasteiger partial charge in [0.1, 0.15) is 5.01 Å². The fourth-order valence-electron chi connectivity index (χ4n) is 3.20. The first-order valence-electron chi connectivity index (χ1n) is 8.78. The lowest BCUT2D eigenvalue weighted by Gasteiger charge is -2.35. The molecule has 6 nitrogen and oxygen atoms in total. The lowest BCUT2D eigenvalue weighted by atomic mass is 10.1. The monoisotopic (exact) mass is 357 g/mol. The number of rotatable bonds is 5. The molecule has 1 atom stereocenters. The van der Waals surface area contributed by atoms with Crippen molar-refractivity contribution in [3.8, 4) is 0 Å². The van der Waals surface area contributed by atoms with Crippen molar-refractivity contribution < 1.29 is 4.74 Å². The van der Waals surface area contributed by atoms with E-state index in [-0.39, 0.29) is 6.10 Å². The number of aromatic nitrogens is 4. The number of fused-ring (bicyclic) bond motifs is 1. The van der Waals surface area contributed by atoms with Gasteiger partial charge in [0.15, 0.2) is 5.82 Å². The van der Waals surface area contributed by atoms with Crippen LogP contribution in [0.4, 0.5) is 0 Å². The Morgan fingerprint density at radius 1 is 1.24 bits per heavy atom. The third-order valence-corrected chi connectivity index (χ3v) is 5.53. The molecule has 1 aliphatic heterocycles. The molecule has 0 spiro atoms. The summed E-state index contributed by atoms with van der Waals surface area (Å²) in [6.45, 7) is 7.25. The lowest BCUT2D eigenvalue weighted by molar-refractivity contribution is -0.0378. The van der Waals surface area contributed by atoms with E-state index < -0.39 is 0 Å². The maximum Gasteiger partial charge on any atom is 0.234 e. The molecule has 0 aliphatic carbocycles. The quantitative estimate of drug-likeness (QED) is 0.702. The van der Waals surface area contributed by atoms with Crippen LogP contribution < -0.4 is 0 Å². The fourth-order valence-corrected chi connectivity index (χ4v) is 4.11. The minimum atomic E-state index is 0.206. The van der Waals surface area contributed by atoms with Gasteiger partial charge in [0.2, 0.25) is 4.96 Å². The number of hydrogen-bond donors (Lipinski definition) is 0. The molecule has 0 N–H and O–H groups in total. The summed E-state index contributed by atoms with van der Waals surface area (Å²) in [7, 11) is 0. The zero-order valence-electron chi connectivity index (χ0n) is 14.6. The highest BCUT2D eigenvalue weighted by Gasteiger charge is 2.24. The van der Waals surface area contributed by atoms with Crippen LogP contribution in [-0.2, 0) is 17.6 Å². The van der Waals surface area contributed by atoms with Crippen LogP contribution in [0.15, 0.2) is 30.3 Å². The summed E-state index contributed by atoms with van der Waals surface area (Å²) < 4.78 is 7.83. The summed E-state index contributed by atoms with van der Waals surface area (Å²) in [5.41, 5.74) is 1.22. The number of nitrogens with zero attached hydrogens (tertiary/aromatic N) is 5. The van der Waals surface area contributed by atoms with Crippen LogP contribution in [-0.4, -0.2) is 56.6 Å². The van der Waals surface area contributed by atoms with E-state index in [2.05, 4.69) is 41.1 Å². The van der Waals surface area contributed by atoms with Gasteiger partial charge >= 0.3 is 0 Å². The summed E-state index contributed by atoms with van der Waals surface area (Å²) in [5.74, 6) is 0.886. The Hall–Kier alpha value is -1.83. The van der Waals surface area contributed by atoms with Crippen molar-refractivity contribution in [2.75, 3.05) is 19.7 Å². The molecule has 0 unspecified atom stereocenters. The molecule has 7 heteroatoms. The van der Waals surface area contributed by atoms with Gasteiger partial charge in [-0.1, -0.05) is 41.7 Å². The summed E-state index contributed by atoms with van der Waals surface area (Å²) >= 11 is 1.61. The van der Waals surface area contributed by atoms with Gasteiger partial charge in [0.05, 0.1) is 12.7 Å². The second-order valence-corrected chi connectivity index (χ2v) is 7.79. The highest BCUT2D eigenvalue weighted by molar-refractivity contribution is 7.16. The average molecular weight is 357 g/mol. The lowest BCUT2D eigenvalue weighted by Crippen LogP contribution is -2.46. The van der Waals surface area contributed by atoms with Crippen molar-refractivity contribution >= 4 is 16.3 Å². The van der Waals surface area contributed by atoms with E-state index in [1.165, 1.54) is 5.56 Å². The molecule has 4 rings (SSSR count). The van der Waals surface area contributed by atoms with Crippen molar-refractivity contribution in [2.24, 2.45) is 0 Å². The molecule has 0 amide bonds. The van der Waals surface area contributed by atoms with Gasteiger partial charge in [-0.2, -0.15) is 9.61 Å². The van der Waals surface area contributed by atoms with Gasteiger partial charge in [-0.15, -0.1) is 10.2 Å². The van der Waals surface area contributed by atoms with Gasteiger partial charge in [0, 0.05) is 32.0 Å².